The van der Waals surface area contributed by atoms with Gasteiger partial charge in [-0.05, 0) is 13.3 Å². The van der Waals surface area contributed by atoms with Crippen LogP contribution in [0.5, 0.6) is 0 Å². The summed E-state index contributed by atoms with van der Waals surface area (Å²) in [5, 5.41) is 4.06. The number of likely N-dealkylation sites (tertiary alicyclic amines) is 1. The van der Waals surface area contributed by atoms with Crippen LogP contribution < -0.4 is 5.73 Å². The average Bonchev–Trinajstić information content (AvgIpc) is 2.85. The van der Waals surface area contributed by atoms with Gasteiger partial charge < -0.3 is 15.4 Å². The number of hydrogen-bond acceptors (Lipinski definition) is 5. The van der Waals surface area contributed by atoms with Gasteiger partial charge in [0.1, 0.15) is 6.04 Å². The first kappa shape index (κ1) is 12.4. The molecule has 1 aliphatic heterocycles. The van der Waals surface area contributed by atoms with Crippen LogP contribution in [0, 0.1) is 0 Å². The maximum atomic E-state index is 11.8. The van der Waals surface area contributed by atoms with Gasteiger partial charge in [-0.3, -0.25) is 9.48 Å². The zero-order valence-electron chi connectivity index (χ0n) is 10.4. The van der Waals surface area contributed by atoms with E-state index in [1.807, 2.05) is 0 Å². The summed E-state index contributed by atoms with van der Waals surface area (Å²) in [6.07, 6.45) is 2.17. The van der Waals surface area contributed by atoms with E-state index in [4.69, 9.17) is 10.5 Å². The summed E-state index contributed by atoms with van der Waals surface area (Å²) in [7, 11) is 1.74. The van der Waals surface area contributed by atoms with E-state index in [9.17, 15) is 9.59 Å². The summed E-state index contributed by atoms with van der Waals surface area (Å²) >= 11 is 0. The lowest BCUT2D eigenvalue weighted by Gasteiger charge is -2.10. The van der Waals surface area contributed by atoms with Gasteiger partial charge in [-0.25, -0.2) is 4.79 Å². The van der Waals surface area contributed by atoms with Crippen molar-refractivity contribution in [1.82, 2.24) is 14.7 Å². The van der Waals surface area contributed by atoms with Gasteiger partial charge in [0.05, 0.1) is 12.3 Å². The van der Waals surface area contributed by atoms with E-state index >= 15 is 0 Å². The second-order valence-electron chi connectivity index (χ2n) is 4.20. The first-order valence-corrected chi connectivity index (χ1v) is 5.81. The Labute approximate surface area is 104 Å². The number of amides is 1. The first-order chi connectivity index (χ1) is 8.54. The molecule has 2 N–H and O–H groups in total. The third kappa shape index (κ3) is 2.03. The number of ether oxygens (including phenoxy) is 1. The summed E-state index contributed by atoms with van der Waals surface area (Å²) in [5.41, 5.74) is 6.01. The second-order valence-corrected chi connectivity index (χ2v) is 4.20. The van der Waals surface area contributed by atoms with Crippen molar-refractivity contribution in [3.8, 4) is 0 Å². The van der Waals surface area contributed by atoms with E-state index in [0.29, 0.717) is 13.0 Å². The van der Waals surface area contributed by atoms with Gasteiger partial charge in [-0.2, -0.15) is 5.10 Å². The van der Waals surface area contributed by atoms with Crippen LogP contribution in [-0.2, 0) is 9.53 Å². The van der Waals surface area contributed by atoms with Crippen molar-refractivity contribution < 1.29 is 14.3 Å². The van der Waals surface area contributed by atoms with Gasteiger partial charge in [0.2, 0.25) is 5.91 Å². The summed E-state index contributed by atoms with van der Waals surface area (Å²) in [6, 6.07) is -0.375. The molecule has 1 aliphatic rings. The van der Waals surface area contributed by atoms with Crippen molar-refractivity contribution in [1.29, 1.82) is 0 Å². The lowest BCUT2D eigenvalue weighted by atomic mass is 10.2. The van der Waals surface area contributed by atoms with Crippen LogP contribution in [0.3, 0.4) is 0 Å². The highest BCUT2D eigenvalue weighted by Gasteiger charge is 2.32. The number of rotatable bonds is 3. The lowest BCUT2D eigenvalue weighted by Crippen LogP contribution is -2.25. The predicted octanol–water partition coefficient (Wildman–Crippen LogP) is 0.0452. The minimum absolute atomic E-state index is 0.0205. The van der Waals surface area contributed by atoms with Crippen molar-refractivity contribution >= 4 is 17.6 Å². The van der Waals surface area contributed by atoms with E-state index in [1.54, 1.807) is 18.9 Å². The van der Waals surface area contributed by atoms with Crippen LogP contribution in [0.15, 0.2) is 6.20 Å². The van der Waals surface area contributed by atoms with Crippen molar-refractivity contribution in [3.63, 3.8) is 0 Å². The van der Waals surface area contributed by atoms with Crippen LogP contribution in [0.25, 0.3) is 0 Å². The molecule has 1 unspecified atom stereocenters. The van der Waals surface area contributed by atoms with Crippen molar-refractivity contribution in [2.45, 2.75) is 19.4 Å². The molecular formula is C11H16N4O3. The van der Waals surface area contributed by atoms with Crippen LogP contribution in [0.4, 0.5) is 5.69 Å². The largest absolute Gasteiger partial charge is 0.461 e. The molecule has 98 valence electrons. The van der Waals surface area contributed by atoms with Gasteiger partial charge in [-0.15, -0.1) is 0 Å². The minimum Gasteiger partial charge on any atom is -0.461 e. The molecular weight excluding hydrogens is 236 g/mol. The Morgan fingerprint density at radius 3 is 2.94 bits per heavy atom. The fraction of sp³-hybridized carbons (Fsp3) is 0.545. The van der Waals surface area contributed by atoms with E-state index in [1.165, 1.54) is 10.9 Å². The number of nitrogen functional groups attached to an aromatic ring is 1. The minimum atomic E-state index is -0.562. The normalized spacial score (nSPS) is 19.3. The number of anilines is 1. The maximum Gasteiger partial charge on any atom is 0.361 e. The van der Waals surface area contributed by atoms with E-state index < -0.39 is 5.97 Å². The smallest absolute Gasteiger partial charge is 0.361 e. The summed E-state index contributed by atoms with van der Waals surface area (Å²) in [4.78, 5) is 25.0. The average molecular weight is 252 g/mol. The molecule has 1 saturated heterocycles. The molecule has 2 rings (SSSR count). The number of nitrogens with zero attached hydrogens (tertiary/aromatic N) is 3. The monoisotopic (exact) mass is 252 g/mol. The molecule has 1 fully saturated rings. The van der Waals surface area contributed by atoms with E-state index in [0.717, 1.165) is 0 Å². The molecule has 1 aromatic rings. The Bertz CT molecular complexity index is 483. The highest BCUT2D eigenvalue weighted by atomic mass is 16.5. The fourth-order valence-electron chi connectivity index (χ4n) is 1.97. The molecule has 0 aromatic carbocycles. The quantitative estimate of drug-likeness (QED) is 0.767. The van der Waals surface area contributed by atoms with Crippen LogP contribution in [0.1, 0.15) is 29.9 Å². The Kier molecular flexibility index (Phi) is 3.22. The second kappa shape index (κ2) is 4.67. The molecule has 1 atom stereocenters. The molecule has 2 heterocycles. The van der Waals surface area contributed by atoms with Crippen LogP contribution in [-0.4, -0.2) is 46.8 Å². The highest BCUT2D eigenvalue weighted by Crippen LogP contribution is 2.23. The van der Waals surface area contributed by atoms with Gasteiger partial charge in [0, 0.05) is 19.8 Å². The highest BCUT2D eigenvalue weighted by molar-refractivity contribution is 5.93. The Morgan fingerprint density at radius 2 is 2.39 bits per heavy atom. The first-order valence-electron chi connectivity index (χ1n) is 5.81. The van der Waals surface area contributed by atoms with E-state index in [-0.39, 0.29) is 29.9 Å². The maximum absolute atomic E-state index is 11.8. The number of aromatic nitrogens is 2. The number of likely N-dealkylation sites (N-methyl/N-ethyl adjacent to an activating group) is 1. The topological polar surface area (TPSA) is 90.5 Å². The third-order valence-corrected chi connectivity index (χ3v) is 2.95. The lowest BCUT2D eigenvalue weighted by molar-refractivity contribution is -0.129. The van der Waals surface area contributed by atoms with Crippen molar-refractivity contribution in [2.75, 3.05) is 25.9 Å². The fourth-order valence-corrected chi connectivity index (χ4v) is 1.97. The van der Waals surface area contributed by atoms with Gasteiger partial charge in [0.25, 0.3) is 0 Å². The zero-order chi connectivity index (χ0) is 13.3. The Balaban J connectivity index is 2.24. The van der Waals surface area contributed by atoms with Gasteiger partial charge in [0.15, 0.2) is 5.69 Å². The predicted molar refractivity (Wildman–Crippen MR) is 63.9 cm³/mol. The van der Waals surface area contributed by atoms with Crippen molar-refractivity contribution in [2.24, 2.45) is 0 Å². The molecule has 0 radical (unpaired) electrons. The van der Waals surface area contributed by atoms with E-state index in [2.05, 4.69) is 5.10 Å². The molecule has 0 aliphatic carbocycles. The van der Waals surface area contributed by atoms with Crippen LogP contribution >= 0.6 is 0 Å². The molecule has 7 nitrogen and oxygen atoms in total. The van der Waals surface area contributed by atoms with Crippen molar-refractivity contribution in [3.05, 3.63) is 11.9 Å². The molecule has 0 bridgehead atoms. The summed E-state index contributed by atoms with van der Waals surface area (Å²) < 4.78 is 6.29. The third-order valence-electron chi connectivity index (χ3n) is 2.95. The SMILES string of the molecule is CCOC(=O)c1nn(C2CCN(C)C2=O)cc1N. The standard InChI is InChI=1S/C11H16N4O3/c1-3-18-11(17)9-7(12)6-15(13-9)8-4-5-14(2)10(8)16/h6,8H,3-5,12H2,1-2H3. The summed E-state index contributed by atoms with van der Waals surface area (Å²) in [6.45, 7) is 2.65. The molecule has 1 aromatic heterocycles. The number of nitrogens with two attached hydrogens (primary N) is 1. The zero-order valence-corrected chi connectivity index (χ0v) is 10.4. The molecule has 7 heteroatoms. The Hall–Kier alpha value is -2.05. The number of esters is 1. The number of hydrogen-bond donors (Lipinski definition) is 1. The summed E-state index contributed by atoms with van der Waals surface area (Å²) in [5.74, 6) is -0.583. The van der Waals surface area contributed by atoms with Gasteiger partial charge >= 0.3 is 5.97 Å². The molecule has 1 amide bonds. The van der Waals surface area contributed by atoms with Gasteiger partial charge in [-0.1, -0.05) is 0 Å². The number of carbonyl (C=O) groups excluding carboxylic acids is 2. The molecule has 0 saturated carbocycles. The Morgan fingerprint density at radius 1 is 1.67 bits per heavy atom. The van der Waals surface area contributed by atoms with Crippen LogP contribution in [0.2, 0.25) is 0 Å². The molecule has 18 heavy (non-hydrogen) atoms. The molecule has 0 spiro atoms. The number of carbonyl (C=O) groups is 2.